The van der Waals surface area contributed by atoms with E-state index in [4.69, 9.17) is 0 Å². The van der Waals surface area contributed by atoms with E-state index in [9.17, 15) is 9.90 Å². The summed E-state index contributed by atoms with van der Waals surface area (Å²) in [4.78, 5) is 10.9. The summed E-state index contributed by atoms with van der Waals surface area (Å²) in [5.74, 6) is -0.104. The van der Waals surface area contributed by atoms with E-state index >= 15 is 0 Å². The number of aliphatic hydroxyl groups excluding tert-OH is 1. The molecular formula is C20H33NO2. The average molecular weight is 319 g/mol. The van der Waals surface area contributed by atoms with Gasteiger partial charge in [-0.25, -0.2) is 0 Å². The summed E-state index contributed by atoms with van der Waals surface area (Å²) in [5.41, 5.74) is 0. The Hall–Kier alpha value is -1.61. The summed E-state index contributed by atoms with van der Waals surface area (Å²) in [7, 11) is 0. The number of allylic oxidation sites excluding steroid dienone is 8. The molecule has 0 heterocycles. The predicted octanol–water partition coefficient (Wildman–Crippen LogP) is 4.46. The van der Waals surface area contributed by atoms with Crippen LogP contribution in [0.4, 0.5) is 0 Å². The molecule has 0 bridgehead atoms. The number of aliphatic hydroxyl groups is 1. The Labute approximate surface area is 141 Å². The lowest BCUT2D eigenvalue weighted by atomic mass is 10.1. The molecule has 2 N–H and O–H groups in total. The third-order valence-corrected chi connectivity index (χ3v) is 3.36. The van der Waals surface area contributed by atoms with E-state index in [0.717, 1.165) is 32.1 Å². The third-order valence-electron chi connectivity index (χ3n) is 3.36. The lowest BCUT2D eigenvalue weighted by Crippen LogP contribution is -2.39. The first-order valence-electron chi connectivity index (χ1n) is 8.63. The molecule has 0 rings (SSSR count). The summed E-state index contributed by atoms with van der Waals surface area (Å²) in [6, 6.07) is -0.195. The van der Waals surface area contributed by atoms with E-state index in [1.54, 1.807) is 0 Å². The summed E-state index contributed by atoms with van der Waals surface area (Å²) >= 11 is 0. The van der Waals surface area contributed by atoms with Crippen molar-refractivity contribution < 1.29 is 9.90 Å². The molecule has 0 aliphatic rings. The van der Waals surface area contributed by atoms with Crippen LogP contribution < -0.4 is 5.32 Å². The number of hydrogen-bond acceptors (Lipinski definition) is 2. The molecule has 0 spiro atoms. The first-order valence-corrected chi connectivity index (χ1v) is 8.63. The Balaban J connectivity index is 3.65. The van der Waals surface area contributed by atoms with Crippen molar-refractivity contribution >= 4 is 5.91 Å². The van der Waals surface area contributed by atoms with Crippen LogP contribution in [0.5, 0.6) is 0 Å². The largest absolute Gasteiger partial charge is 0.391 e. The Bertz CT molecular complexity index is 408. The number of amides is 1. The zero-order chi connectivity index (χ0) is 17.3. The molecule has 0 radical (unpaired) electrons. The fourth-order valence-electron chi connectivity index (χ4n) is 2.03. The summed E-state index contributed by atoms with van der Waals surface area (Å²) < 4.78 is 0. The Morgan fingerprint density at radius 3 is 1.91 bits per heavy atom. The van der Waals surface area contributed by atoms with E-state index < -0.39 is 6.10 Å². The van der Waals surface area contributed by atoms with Gasteiger partial charge in [0.05, 0.1) is 12.1 Å². The van der Waals surface area contributed by atoms with Gasteiger partial charge < -0.3 is 10.4 Å². The number of hydrogen-bond donors (Lipinski definition) is 2. The fourth-order valence-corrected chi connectivity index (χ4v) is 2.03. The summed E-state index contributed by atoms with van der Waals surface area (Å²) in [5, 5.41) is 12.6. The quantitative estimate of drug-likeness (QED) is 0.522. The maximum absolute atomic E-state index is 10.9. The average Bonchev–Trinajstić information content (AvgIpc) is 2.51. The molecule has 0 saturated heterocycles. The predicted molar refractivity (Wildman–Crippen MR) is 99.2 cm³/mol. The van der Waals surface area contributed by atoms with Crippen LogP contribution in [0, 0.1) is 0 Å². The first kappa shape index (κ1) is 21.4. The van der Waals surface area contributed by atoms with E-state index in [1.807, 2.05) is 6.92 Å². The molecule has 3 nitrogen and oxygen atoms in total. The molecule has 0 aliphatic heterocycles. The lowest BCUT2D eigenvalue weighted by molar-refractivity contribution is -0.120. The van der Waals surface area contributed by atoms with E-state index in [-0.39, 0.29) is 11.9 Å². The van der Waals surface area contributed by atoms with Gasteiger partial charge in [-0.2, -0.15) is 0 Å². The van der Waals surface area contributed by atoms with Crippen molar-refractivity contribution in [1.82, 2.24) is 5.32 Å². The minimum absolute atomic E-state index is 0.104. The van der Waals surface area contributed by atoms with Gasteiger partial charge in [0.15, 0.2) is 0 Å². The zero-order valence-electron chi connectivity index (χ0n) is 14.9. The first-order chi connectivity index (χ1) is 11.1. The van der Waals surface area contributed by atoms with Crippen LogP contribution in [-0.4, -0.2) is 23.2 Å². The second-order valence-electron chi connectivity index (χ2n) is 5.63. The van der Waals surface area contributed by atoms with Crippen LogP contribution in [-0.2, 0) is 4.79 Å². The highest BCUT2D eigenvalue weighted by Crippen LogP contribution is 2.04. The van der Waals surface area contributed by atoms with Gasteiger partial charge in [0, 0.05) is 6.92 Å². The molecule has 0 saturated carbocycles. The van der Waals surface area contributed by atoms with Crippen molar-refractivity contribution in [2.45, 2.75) is 71.4 Å². The van der Waals surface area contributed by atoms with Gasteiger partial charge in [0.2, 0.25) is 5.91 Å². The fraction of sp³-hybridized carbons (Fsp3) is 0.550. The second-order valence-corrected chi connectivity index (χ2v) is 5.63. The Morgan fingerprint density at radius 1 is 0.957 bits per heavy atom. The van der Waals surface area contributed by atoms with Gasteiger partial charge in [0.1, 0.15) is 0 Å². The van der Waals surface area contributed by atoms with Gasteiger partial charge in [-0.1, -0.05) is 55.5 Å². The minimum Gasteiger partial charge on any atom is -0.391 e. The molecule has 2 atom stereocenters. The van der Waals surface area contributed by atoms with Crippen LogP contribution in [0.25, 0.3) is 0 Å². The molecule has 23 heavy (non-hydrogen) atoms. The van der Waals surface area contributed by atoms with Crippen molar-refractivity contribution in [2.75, 3.05) is 0 Å². The van der Waals surface area contributed by atoms with E-state index in [0.29, 0.717) is 6.42 Å². The number of nitrogens with one attached hydrogen (secondary N) is 1. The molecule has 0 fully saturated rings. The van der Waals surface area contributed by atoms with Crippen LogP contribution >= 0.6 is 0 Å². The van der Waals surface area contributed by atoms with Crippen molar-refractivity contribution in [2.24, 2.45) is 0 Å². The standard InChI is InChI=1S/C20H33NO2/c1-4-5-6-7-8-9-10-11-12-13-14-15-16-17-20(23)18(2)21-19(3)22/h5-6,8-9,11-12,14-15,18,20,23H,4,7,10,13,16-17H2,1-3H3,(H,21,22)/b6-5-,9-8-,12-11-,15-14-/t18-,20+/m0/s1. The highest BCUT2D eigenvalue weighted by Gasteiger charge is 2.13. The molecule has 0 aliphatic carbocycles. The topological polar surface area (TPSA) is 49.3 Å². The molecule has 1 amide bonds. The summed E-state index contributed by atoms with van der Waals surface area (Å²) in [6.45, 7) is 5.43. The van der Waals surface area contributed by atoms with Crippen LogP contribution in [0.15, 0.2) is 48.6 Å². The number of carbonyl (C=O) groups excluding carboxylic acids is 1. The number of carbonyl (C=O) groups is 1. The van der Waals surface area contributed by atoms with Gasteiger partial charge in [0.25, 0.3) is 0 Å². The van der Waals surface area contributed by atoms with E-state index in [2.05, 4.69) is 60.8 Å². The van der Waals surface area contributed by atoms with Gasteiger partial charge in [-0.3, -0.25) is 4.79 Å². The number of rotatable bonds is 12. The molecule has 0 unspecified atom stereocenters. The van der Waals surface area contributed by atoms with Crippen molar-refractivity contribution in [3.63, 3.8) is 0 Å². The van der Waals surface area contributed by atoms with Gasteiger partial charge >= 0.3 is 0 Å². The van der Waals surface area contributed by atoms with Gasteiger partial charge in [-0.05, 0) is 45.4 Å². The Morgan fingerprint density at radius 2 is 1.43 bits per heavy atom. The second kappa shape index (κ2) is 15.3. The van der Waals surface area contributed by atoms with Crippen molar-refractivity contribution in [1.29, 1.82) is 0 Å². The van der Waals surface area contributed by atoms with Crippen molar-refractivity contribution in [3.05, 3.63) is 48.6 Å². The molecule has 0 aromatic rings. The zero-order valence-corrected chi connectivity index (χ0v) is 14.9. The molecule has 130 valence electrons. The maximum Gasteiger partial charge on any atom is 0.217 e. The molecule has 0 aromatic carbocycles. The van der Waals surface area contributed by atoms with Crippen LogP contribution in [0.1, 0.15) is 59.3 Å². The highest BCUT2D eigenvalue weighted by atomic mass is 16.3. The summed E-state index contributed by atoms with van der Waals surface area (Å²) in [6.07, 6.45) is 22.2. The SMILES string of the molecule is CC/C=C\C/C=C\C/C=C\C/C=C\CC[C@@H](O)[C@H](C)NC(C)=O. The maximum atomic E-state index is 10.9. The monoisotopic (exact) mass is 319 g/mol. The molecule has 0 aromatic heterocycles. The highest BCUT2D eigenvalue weighted by molar-refractivity contribution is 5.73. The van der Waals surface area contributed by atoms with E-state index in [1.165, 1.54) is 6.92 Å². The van der Waals surface area contributed by atoms with Crippen LogP contribution in [0.2, 0.25) is 0 Å². The smallest absolute Gasteiger partial charge is 0.217 e. The normalized spacial score (nSPS) is 15.1. The van der Waals surface area contributed by atoms with Crippen molar-refractivity contribution in [3.8, 4) is 0 Å². The van der Waals surface area contributed by atoms with Crippen LogP contribution in [0.3, 0.4) is 0 Å². The lowest BCUT2D eigenvalue weighted by Gasteiger charge is -2.18. The third kappa shape index (κ3) is 15.1. The van der Waals surface area contributed by atoms with Gasteiger partial charge in [-0.15, -0.1) is 0 Å². The Kier molecular flexibility index (Phi) is 14.2. The molecule has 3 heteroatoms. The molecular weight excluding hydrogens is 286 g/mol. The minimum atomic E-state index is -0.494.